The molecule has 2 aliphatic rings. The third kappa shape index (κ3) is 3.57. The van der Waals surface area contributed by atoms with Crippen molar-refractivity contribution in [2.45, 2.75) is 63.9 Å². The largest absolute Gasteiger partial charge is 0.481 e. The van der Waals surface area contributed by atoms with E-state index in [1.54, 1.807) is 12.0 Å². The van der Waals surface area contributed by atoms with E-state index in [0.29, 0.717) is 25.9 Å². The summed E-state index contributed by atoms with van der Waals surface area (Å²) in [6.45, 7) is 3.30. The van der Waals surface area contributed by atoms with E-state index < -0.39 is 11.4 Å². The molecule has 1 atom stereocenters. The number of hydrogen-bond donors (Lipinski definition) is 1. The number of nitrogens with zero attached hydrogens (tertiary/aromatic N) is 1. The van der Waals surface area contributed by atoms with E-state index in [-0.39, 0.29) is 17.9 Å². The number of carboxylic acids is 1. The highest BCUT2D eigenvalue weighted by Gasteiger charge is 2.43. The molecule has 0 aromatic heterocycles. The van der Waals surface area contributed by atoms with Gasteiger partial charge in [0, 0.05) is 26.6 Å². The zero-order chi connectivity index (χ0) is 15.5. The standard InChI is InChI=1S/C16H27NO4/c1-15(21-2)7-6-10-17(12-15)13(18)11-16(14(19)20)8-4-3-5-9-16/h3-12H2,1-2H3,(H,19,20). The lowest BCUT2D eigenvalue weighted by Gasteiger charge is -2.41. The van der Waals surface area contributed by atoms with Gasteiger partial charge in [-0.2, -0.15) is 0 Å². The van der Waals surface area contributed by atoms with Crippen molar-refractivity contribution in [1.82, 2.24) is 4.90 Å². The molecule has 120 valence electrons. The van der Waals surface area contributed by atoms with Crippen molar-refractivity contribution < 1.29 is 19.4 Å². The van der Waals surface area contributed by atoms with E-state index in [9.17, 15) is 14.7 Å². The Balaban J connectivity index is 2.03. The van der Waals surface area contributed by atoms with Crippen LogP contribution in [0.4, 0.5) is 0 Å². The number of carboxylic acid groups (broad SMARTS) is 1. The molecule has 21 heavy (non-hydrogen) atoms. The van der Waals surface area contributed by atoms with Crippen LogP contribution < -0.4 is 0 Å². The predicted octanol–water partition coefficient (Wildman–Crippen LogP) is 2.44. The molecule has 2 rings (SSSR count). The molecule has 0 aromatic carbocycles. The summed E-state index contributed by atoms with van der Waals surface area (Å²) < 4.78 is 5.51. The second-order valence-corrected chi connectivity index (χ2v) is 6.90. The smallest absolute Gasteiger partial charge is 0.310 e. The van der Waals surface area contributed by atoms with Crippen LogP contribution >= 0.6 is 0 Å². The number of amides is 1. The summed E-state index contributed by atoms with van der Waals surface area (Å²) >= 11 is 0. The van der Waals surface area contributed by atoms with Gasteiger partial charge in [0.1, 0.15) is 0 Å². The molecular weight excluding hydrogens is 270 g/mol. The number of ether oxygens (including phenoxy) is 1. The van der Waals surface area contributed by atoms with Gasteiger partial charge in [-0.25, -0.2) is 0 Å². The molecule has 0 radical (unpaired) electrons. The van der Waals surface area contributed by atoms with Crippen molar-refractivity contribution >= 4 is 11.9 Å². The summed E-state index contributed by atoms with van der Waals surface area (Å²) in [6.07, 6.45) is 6.15. The van der Waals surface area contributed by atoms with Crippen molar-refractivity contribution in [3.8, 4) is 0 Å². The summed E-state index contributed by atoms with van der Waals surface area (Å²) in [5.74, 6) is -0.829. The van der Waals surface area contributed by atoms with Crippen molar-refractivity contribution in [2.24, 2.45) is 5.41 Å². The van der Waals surface area contributed by atoms with Gasteiger partial charge in [0.15, 0.2) is 0 Å². The minimum Gasteiger partial charge on any atom is -0.481 e. The fourth-order valence-electron chi connectivity index (χ4n) is 3.68. The van der Waals surface area contributed by atoms with E-state index in [1.165, 1.54) is 0 Å². The summed E-state index contributed by atoms with van der Waals surface area (Å²) in [5, 5.41) is 9.59. The second-order valence-electron chi connectivity index (χ2n) is 6.90. The number of piperidine rings is 1. The van der Waals surface area contributed by atoms with Crippen molar-refractivity contribution in [1.29, 1.82) is 0 Å². The van der Waals surface area contributed by atoms with Crippen LogP contribution in [0.1, 0.15) is 58.3 Å². The number of likely N-dealkylation sites (tertiary alicyclic amines) is 1. The lowest BCUT2D eigenvalue weighted by molar-refractivity contribution is -0.157. The Morgan fingerprint density at radius 1 is 1.14 bits per heavy atom. The molecule has 2 fully saturated rings. The van der Waals surface area contributed by atoms with Crippen molar-refractivity contribution in [3.05, 3.63) is 0 Å². The van der Waals surface area contributed by atoms with E-state index >= 15 is 0 Å². The van der Waals surface area contributed by atoms with Crippen LogP contribution in [-0.2, 0) is 14.3 Å². The van der Waals surface area contributed by atoms with Gasteiger partial charge in [0.2, 0.25) is 5.91 Å². The maximum atomic E-state index is 12.6. The van der Waals surface area contributed by atoms with Crippen LogP contribution in [0.3, 0.4) is 0 Å². The summed E-state index contributed by atoms with van der Waals surface area (Å²) in [6, 6.07) is 0. The lowest BCUT2D eigenvalue weighted by Crippen LogP contribution is -2.51. The molecule has 5 nitrogen and oxygen atoms in total. The van der Waals surface area contributed by atoms with Gasteiger partial charge >= 0.3 is 5.97 Å². The molecule has 1 heterocycles. The minimum absolute atomic E-state index is 0.0257. The predicted molar refractivity (Wildman–Crippen MR) is 79.0 cm³/mol. The maximum absolute atomic E-state index is 12.6. The van der Waals surface area contributed by atoms with Gasteiger partial charge in [0.25, 0.3) is 0 Å². The topological polar surface area (TPSA) is 66.8 Å². The number of aliphatic carboxylic acids is 1. The molecule has 1 saturated heterocycles. The molecule has 5 heteroatoms. The van der Waals surface area contributed by atoms with Crippen molar-refractivity contribution in [3.63, 3.8) is 0 Å². The van der Waals surface area contributed by atoms with Gasteiger partial charge in [-0.05, 0) is 32.6 Å². The van der Waals surface area contributed by atoms with E-state index in [0.717, 1.165) is 32.1 Å². The normalized spacial score (nSPS) is 29.1. The van der Waals surface area contributed by atoms with Crippen LogP contribution in [0, 0.1) is 5.41 Å². The first-order valence-electron chi connectivity index (χ1n) is 7.97. The first kappa shape index (κ1) is 16.3. The monoisotopic (exact) mass is 297 g/mol. The molecule has 0 spiro atoms. The third-order valence-corrected chi connectivity index (χ3v) is 5.26. The molecule has 0 aromatic rings. The fourth-order valence-corrected chi connectivity index (χ4v) is 3.68. The summed E-state index contributed by atoms with van der Waals surface area (Å²) in [7, 11) is 1.67. The Labute approximate surface area is 126 Å². The molecule has 1 saturated carbocycles. The second kappa shape index (κ2) is 6.34. The van der Waals surface area contributed by atoms with Gasteiger partial charge < -0.3 is 14.7 Å². The van der Waals surface area contributed by atoms with Crippen LogP contribution in [0.15, 0.2) is 0 Å². The molecule has 1 aliphatic carbocycles. The molecule has 1 aliphatic heterocycles. The first-order chi connectivity index (χ1) is 9.91. The van der Waals surface area contributed by atoms with Gasteiger partial charge in [-0.1, -0.05) is 19.3 Å². The summed E-state index contributed by atoms with van der Waals surface area (Å²) in [4.78, 5) is 26.1. The zero-order valence-electron chi connectivity index (χ0n) is 13.2. The number of hydrogen-bond acceptors (Lipinski definition) is 3. The Hall–Kier alpha value is -1.10. The van der Waals surface area contributed by atoms with Crippen LogP contribution in [0.5, 0.6) is 0 Å². The van der Waals surface area contributed by atoms with E-state index in [1.807, 2.05) is 6.92 Å². The van der Waals surface area contributed by atoms with E-state index in [4.69, 9.17) is 4.74 Å². The van der Waals surface area contributed by atoms with Crippen molar-refractivity contribution in [2.75, 3.05) is 20.2 Å². The Bertz CT molecular complexity index is 403. The Morgan fingerprint density at radius 2 is 1.81 bits per heavy atom. The first-order valence-corrected chi connectivity index (χ1v) is 7.97. The average Bonchev–Trinajstić information content (AvgIpc) is 2.48. The average molecular weight is 297 g/mol. The fraction of sp³-hybridized carbons (Fsp3) is 0.875. The number of rotatable bonds is 4. The Morgan fingerprint density at radius 3 is 2.38 bits per heavy atom. The zero-order valence-corrected chi connectivity index (χ0v) is 13.2. The lowest BCUT2D eigenvalue weighted by atomic mass is 9.71. The molecule has 1 N–H and O–H groups in total. The quantitative estimate of drug-likeness (QED) is 0.865. The van der Waals surface area contributed by atoms with Gasteiger partial charge in [-0.3, -0.25) is 9.59 Å². The third-order valence-electron chi connectivity index (χ3n) is 5.26. The minimum atomic E-state index is -0.837. The van der Waals surface area contributed by atoms with E-state index in [2.05, 4.69) is 0 Å². The van der Waals surface area contributed by atoms with Gasteiger partial charge in [0.05, 0.1) is 11.0 Å². The number of methoxy groups -OCH3 is 1. The van der Waals surface area contributed by atoms with Crippen LogP contribution in [0.2, 0.25) is 0 Å². The molecule has 1 unspecified atom stereocenters. The Kier molecular flexibility index (Phi) is 4.91. The number of carbonyl (C=O) groups excluding carboxylic acids is 1. The summed E-state index contributed by atoms with van der Waals surface area (Å²) in [5.41, 5.74) is -1.13. The highest BCUT2D eigenvalue weighted by Crippen LogP contribution is 2.40. The highest BCUT2D eigenvalue weighted by atomic mass is 16.5. The van der Waals surface area contributed by atoms with Gasteiger partial charge in [-0.15, -0.1) is 0 Å². The molecular formula is C16H27NO4. The van der Waals surface area contributed by atoms with Crippen LogP contribution in [0.25, 0.3) is 0 Å². The molecule has 0 bridgehead atoms. The molecule has 1 amide bonds. The number of carbonyl (C=O) groups is 2. The van der Waals surface area contributed by atoms with Crippen LogP contribution in [-0.4, -0.2) is 47.7 Å². The maximum Gasteiger partial charge on any atom is 0.310 e. The highest BCUT2D eigenvalue weighted by molar-refractivity contribution is 5.85. The SMILES string of the molecule is COC1(C)CCCN(C(=O)CC2(C(=O)O)CCCCC2)C1.